The molecule has 0 fully saturated rings. The van der Waals surface area contributed by atoms with Crippen LogP contribution >= 0.6 is 23.1 Å². The third-order valence-electron chi connectivity index (χ3n) is 2.02. The van der Waals surface area contributed by atoms with Gasteiger partial charge in [-0.2, -0.15) is 11.8 Å². The zero-order valence-electron chi connectivity index (χ0n) is 9.53. The first-order chi connectivity index (χ1) is 7.65. The second kappa shape index (κ2) is 6.90. The summed E-state index contributed by atoms with van der Waals surface area (Å²) in [7, 11) is 4.11. The van der Waals surface area contributed by atoms with E-state index in [2.05, 4.69) is 24.4 Å². The number of nitrogen functional groups attached to an aromatic ring is 1. The second-order valence-electron chi connectivity index (χ2n) is 3.60. The van der Waals surface area contributed by atoms with Crippen LogP contribution in [0.3, 0.4) is 0 Å². The summed E-state index contributed by atoms with van der Waals surface area (Å²) < 4.78 is 0. The molecule has 0 bridgehead atoms. The number of thioether (sulfide) groups is 1. The third-order valence-corrected chi connectivity index (χ3v) is 3.97. The number of thiophene rings is 1. The minimum atomic E-state index is -0.196. The van der Waals surface area contributed by atoms with Crippen LogP contribution in [0.25, 0.3) is 0 Å². The summed E-state index contributed by atoms with van der Waals surface area (Å²) in [6.45, 7) is 1.05. The van der Waals surface area contributed by atoms with Gasteiger partial charge in [-0.05, 0) is 31.1 Å². The van der Waals surface area contributed by atoms with E-state index in [1.807, 2.05) is 23.2 Å². The average molecular weight is 259 g/mol. The molecule has 90 valence electrons. The van der Waals surface area contributed by atoms with Crippen molar-refractivity contribution in [2.75, 3.05) is 26.4 Å². The number of amides is 1. The molecular formula is C10H17N3OS2. The van der Waals surface area contributed by atoms with E-state index in [4.69, 9.17) is 5.84 Å². The van der Waals surface area contributed by atoms with Crippen molar-refractivity contribution >= 4 is 29.0 Å². The molecule has 16 heavy (non-hydrogen) atoms. The van der Waals surface area contributed by atoms with E-state index in [1.165, 1.54) is 11.3 Å². The maximum atomic E-state index is 11.4. The maximum absolute atomic E-state index is 11.4. The second-order valence-corrected chi connectivity index (χ2v) is 5.63. The van der Waals surface area contributed by atoms with Crippen molar-refractivity contribution in [3.05, 3.63) is 21.9 Å². The Labute approximate surface area is 104 Å². The summed E-state index contributed by atoms with van der Waals surface area (Å²) in [4.78, 5) is 14.3. The molecule has 0 aliphatic rings. The van der Waals surface area contributed by atoms with E-state index in [0.29, 0.717) is 0 Å². The van der Waals surface area contributed by atoms with Crippen LogP contribution in [-0.4, -0.2) is 37.2 Å². The fraction of sp³-hybridized carbons (Fsp3) is 0.500. The Morgan fingerprint density at radius 1 is 1.62 bits per heavy atom. The molecule has 1 heterocycles. The quantitative estimate of drug-likeness (QED) is 0.348. The Balaban J connectivity index is 2.42. The van der Waals surface area contributed by atoms with Gasteiger partial charge in [0, 0.05) is 18.1 Å². The van der Waals surface area contributed by atoms with Gasteiger partial charge in [-0.1, -0.05) is 0 Å². The van der Waals surface area contributed by atoms with Crippen molar-refractivity contribution in [2.24, 2.45) is 5.84 Å². The van der Waals surface area contributed by atoms with Gasteiger partial charge in [-0.3, -0.25) is 10.2 Å². The highest BCUT2D eigenvalue weighted by Crippen LogP contribution is 2.21. The molecule has 1 amide bonds. The van der Waals surface area contributed by atoms with Gasteiger partial charge >= 0.3 is 0 Å². The smallest absolute Gasteiger partial charge is 0.275 e. The number of hydrogen-bond donors (Lipinski definition) is 2. The highest BCUT2D eigenvalue weighted by Gasteiger charge is 2.11. The normalized spacial score (nSPS) is 10.8. The van der Waals surface area contributed by atoms with Gasteiger partial charge < -0.3 is 4.90 Å². The molecule has 0 atom stereocenters. The first-order valence-electron chi connectivity index (χ1n) is 4.95. The molecule has 0 aliphatic heterocycles. The predicted molar refractivity (Wildman–Crippen MR) is 70.7 cm³/mol. The van der Waals surface area contributed by atoms with Crippen LogP contribution in [0.15, 0.2) is 11.4 Å². The van der Waals surface area contributed by atoms with Crippen LogP contribution in [0.5, 0.6) is 0 Å². The summed E-state index contributed by atoms with van der Waals surface area (Å²) in [6.07, 6.45) is 0. The molecule has 1 aromatic heterocycles. The van der Waals surface area contributed by atoms with Crippen LogP contribution in [0.1, 0.15) is 15.2 Å². The van der Waals surface area contributed by atoms with Gasteiger partial charge in [-0.15, -0.1) is 11.3 Å². The molecule has 4 nitrogen and oxygen atoms in total. The lowest BCUT2D eigenvalue weighted by Gasteiger charge is -2.08. The zero-order valence-corrected chi connectivity index (χ0v) is 11.2. The molecule has 1 aromatic rings. The van der Waals surface area contributed by atoms with Gasteiger partial charge in [0.05, 0.1) is 4.88 Å². The van der Waals surface area contributed by atoms with E-state index >= 15 is 0 Å². The van der Waals surface area contributed by atoms with Gasteiger partial charge in [0.25, 0.3) is 5.91 Å². The highest BCUT2D eigenvalue weighted by molar-refractivity contribution is 7.98. The summed E-state index contributed by atoms with van der Waals surface area (Å²) in [5.41, 5.74) is 3.24. The van der Waals surface area contributed by atoms with Gasteiger partial charge in [-0.25, -0.2) is 5.84 Å². The number of nitrogens with two attached hydrogens (primary N) is 1. The lowest BCUT2D eigenvalue weighted by molar-refractivity contribution is 0.0957. The first kappa shape index (κ1) is 13.5. The lowest BCUT2D eigenvalue weighted by atomic mass is 10.3. The molecule has 1 rings (SSSR count). The number of nitrogens with zero attached hydrogens (tertiary/aromatic N) is 1. The molecule has 0 aliphatic carbocycles. The van der Waals surface area contributed by atoms with E-state index in [0.717, 1.165) is 28.5 Å². The molecule has 0 saturated carbocycles. The Kier molecular flexibility index (Phi) is 5.83. The number of nitrogens with one attached hydrogen (secondary N) is 1. The Bertz CT molecular complexity index is 339. The topological polar surface area (TPSA) is 58.4 Å². The standard InChI is InChI=1S/C10H17N3OS2/c1-13(2)4-6-15-7-8-3-5-16-9(8)10(14)12-11/h3,5H,4,6-7,11H2,1-2H3,(H,12,14). The predicted octanol–water partition coefficient (Wildman–Crippen LogP) is 1.15. The monoisotopic (exact) mass is 259 g/mol. The minimum Gasteiger partial charge on any atom is -0.309 e. The SMILES string of the molecule is CN(C)CCSCc1ccsc1C(=O)NN. The Morgan fingerprint density at radius 2 is 2.38 bits per heavy atom. The van der Waals surface area contributed by atoms with Gasteiger partial charge in [0.2, 0.25) is 0 Å². The van der Waals surface area contributed by atoms with Crippen molar-refractivity contribution in [3.8, 4) is 0 Å². The van der Waals surface area contributed by atoms with Crippen molar-refractivity contribution in [1.82, 2.24) is 10.3 Å². The van der Waals surface area contributed by atoms with Crippen molar-refractivity contribution in [3.63, 3.8) is 0 Å². The van der Waals surface area contributed by atoms with Crippen LogP contribution < -0.4 is 11.3 Å². The number of carbonyl (C=O) groups excluding carboxylic acids is 1. The number of hydrogen-bond acceptors (Lipinski definition) is 5. The van der Waals surface area contributed by atoms with Crippen LogP contribution in [0.2, 0.25) is 0 Å². The van der Waals surface area contributed by atoms with E-state index in [9.17, 15) is 4.79 Å². The zero-order chi connectivity index (χ0) is 12.0. The number of carbonyl (C=O) groups is 1. The number of rotatable bonds is 6. The van der Waals surface area contributed by atoms with E-state index < -0.39 is 0 Å². The van der Waals surface area contributed by atoms with Crippen molar-refractivity contribution in [1.29, 1.82) is 0 Å². The maximum Gasteiger partial charge on any atom is 0.275 e. The Hall–Kier alpha value is -0.560. The van der Waals surface area contributed by atoms with Crippen molar-refractivity contribution in [2.45, 2.75) is 5.75 Å². The summed E-state index contributed by atoms with van der Waals surface area (Å²) in [6, 6.07) is 1.98. The van der Waals surface area contributed by atoms with E-state index in [-0.39, 0.29) is 5.91 Å². The minimum absolute atomic E-state index is 0.196. The number of hydrazine groups is 1. The molecule has 0 spiro atoms. The summed E-state index contributed by atoms with van der Waals surface area (Å²) in [5, 5.41) is 1.92. The molecule has 6 heteroatoms. The molecule has 0 aromatic carbocycles. The molecule has 0 saturated heterocycles. The van der Waals surface area contributed by atoms with Gasteiger partial charge in [0.15, 0.2) is 0 Å². The first-order valence-corrected chi connectivity index (χ1v) is 6.98. The molecule has 0 unspecified atom stereocenters. The van der Waals surface area contributed by atoms with Gasteiger partial charge in [0.1, 0.15) is 0 Å². The fourth-order valence-corrected chi connectivity index (χ4v) is 3.16. The van der Waals surface area contributed by atoms with Crippen LogP contribution in [0, 0.1) is 0 Å². The molecule has 3 N–H and O–H groups in total. The summed E-state index contributed by atoms with van der Waals surface area (Å²) >= 11 is 3.26. The fourth-order valence-electron chi connectivity index (χ4n) is 1.14. The largest absolute Gasteiger partial charge is 0.309 e. The van der Waals surface area contributed by atoms with Crippen molar-refractivity contribution < 1.29 is 4.79 Å². The van der Waals surface area contributed by atoms with Crippen LogP contribution in [-0.2, 0) is 5.75 Å². The van der Waals surface area contributed by atoms with E-state index in [1.54, 1.807) is 0 Å². The Morgan fingerprint density at radius 3 is 3.00 bits per heavy atom. The third kappa shape index (κ3) is 4.13. The molecule has 0 radical (unpaired) electrons. The molecular weight excluding hydrogens is 242 g/mol. The van der Waals surface area contributed by atoms with Crippen LogP contribution in [0.4, 0.5) is 0 Å². The lowest BCUT2D eigenvalue weighted by Crippen LogP contribution is -2.29. The highest BCUT2D eigenvalue weighted by atomic mass is 32.2. The average Bonchev–Trinajstić information content (AvgIpc) is 2.71. The summed E-state index contributed by atoms with van der Waals surface area (Å²) in [5.74, 6) is 6.85.